The second-order valence-electron chi connectivity index (χ2n) is 11.1. The number of aromatic nitrogens is 8. The van der Waals surface area contributed by atoms with Gasteiger partial charge in [-0.05, 0) is 66.7 Å². The first-order valence-electron chi connectivity index (χ1n) is 14.6. The summed E-state index contributed by atoms with van der Waals surface area (Å²) in [5, 5.41) is 18.8. The standard InChI is InChI=1S/C36H22N8S/c1-2-6-23(7-3-1)43-31-15-12-25(42-22-37-21-39-42)19-30(31)35-29-18-24(41-17-16-38-40-41)11-14-32(29)44(36(35)43)26-10-13-28-27-8-4-5-9-33(27)45-34(28)20-26/h1-22H. The molecule has 0 atom stereocenters. The molecule has 0 spiro atoms. The summed E-state index contributed by atoms with van der Waals surface area (Å²) < 4.78 is 11.0. The van der Waals surface area contributed by atoms with E-state index in [9.17, 15) is 0 Å². The molecule has 0 amide bonds. The molecular weight excluding hydrogens is 577 g/mol. The fourth-order valence-electron chi connectivity index (χ4n) is 6.70. The van der Waals surface area contributed by atoms with Crippen LogP contribution in [0, 0.1) is 0 Å². The van der Waals surface area contributed by atoms with Crippen LogP contribution in [-0.2, 0) is 0 Å². The number of nitrogens with zero attached hydrogens (tertiary/aromatic N) is 8. The van der Waals surface area contributed by atoms with Crippen LogP contribution in [0.15, 0.2) is 134 Å². The Morgan fingerprint density at radius 1 is 0.556 bits per heavy atom. The summed E-state index contributed by atoms with van der Waals surface area (Å²) in [5.74, 6) is 0. The zero-order valence-electron chi connectivity index (χ0n) is 23.7. The molecule has 5 heterocycles. The highest BCUT2D eigenvalue weighted by Gasteiger charge is 2.23. The van der Waals surface area contributed by atoms with Crippen LogP contribution < -0.4 is 0 Å². The third-order valence-electron chi connectivity index (χ3n) is 8.63. The van der Waals surface area contributed by atoms with Crippen molar-refractivity contribution in [3.63, 3.8) is 0 Å². The van der Waals surface area contributed by atoms with Crippen molar-refractivity contribution >= 4 is 64.3 Å². The molecule has 0 radical (unpaired) electrons. The number of fused-ring (bicyclic) bond motifs is 8. The summed E-state index contributed by atoms with van der Waals surface area (Å²) in [4.78, 5) is 4.20. The summed E-state index contributed by atoms with van der Waals surface area (Å²) in [5.41, 5.74) is 7.42. The molecule has 0 unspecified atom stereocenters. The lowest BCUT2D eigenvalue weighted by molar-refractivity contribution is 0.804. The number of rotatable bonds is 4. The molecule has 0 fully saturated rings. The Kier molecular flexibility index (Phi) is 5.00. The Bertz CT molecular complexity index is 2700. The summed E-state index contributed by atoms with van der Waals surface area (Å²) in [7, 11) is 0. The maximum Gasteiger partial charge on any atom is 0.138 e. The molecule has 10 aromatic rings. The van der Waals surface area contributed by atoms with Gasteiger partial charge in [-0.15, -0.1) is 16.4 Å². The first-order chi connectivity index (χ1) is 22.3. The van der Waals surface area contributed by atoms with E-state index in [-0.39, 0.29) is 0 Å². The molecule has 0 aliphatic carbocycles. The number of para-hydroxylation sites is 1. The molecule has 0 aliphatic rings. The summed E-state index contributed by atoms with van der Waals surface area (Å²) in [6, 6.07) is 39.1. The number of hydrogen-bond donors (Lipinski definition) is 0. The van der Waals surface area contributed by atoms with Crippen LogP contribution in [0.4, 0.5) is 0 Å². The Morgan fingerprint density at radius 2 is 1.27 bits per heavy atom. The van der Waals surface area contributed by atoms with Gasteiger partial charge in [0.15, 0.2) is 0 Å². The Morgan fingerprint density at radius 3 is 2.02 bits per heavy atom. The highest BCUT2D eigenvalue weighted by Crippen LogP contribution is 2.43. The van der Waals surface area contributed by atoms with Crippen molar-refractivity contribution < 1.29 is 0 Å². The van der Waals surface area contributed by atoms with Crippen molar-refractivity contribution in [3.05, 3.63) is 134 Å². The molecule has 0 N–H and O–H groups in total. The lowest BCUT2D eigenvalue weighted by Crippen LogP contribution is -2.02. The van der Waals surface area contributed by atoms with E-state index >= 15 is 0 Å². The van der Waals surface area contributed by atoms with E-state index < -0.39 is 0 Å². The van der Waals surface area contributed by atoms with Crippen LogP contribution in [0.25, 0.3) is 75.8 Å². The maximum atomic E-state index is 4.42. The van der Waals surface area contributed by atoms with Gasteiger partial charge in [-0.25, -0.2) is 14.3 Å². The van der Waals surface area contributed by atoms with Gasteiger partial charge in [-0.3, -0.25) is 9.13 Å². The van der Waals surface area contributed by atoms with Crippen LogP contribution in [-0.4, -0.2) is 38.9 Å². The zero-order chi connectivity index (χ0) is 29.5. The lowest BCUT2D eigenvalue weighted by Gasteiger charge is -2.13. The maximum absolute atomic E-state index is 4.42. The van der Waals surface area contributed by atoms with Crippen LogP contribution in [0.2, 0.25) is 0 Å². The molecular formula is C36H22N8S. The molecule has 10 rings (SSSR count). The lowest BCUT2D eigenvalue weighted by atomic mass is 10.1. The van der Waals surface area contributed by atoms with Crippen molar-refractivity contribution in [1.29, 1.82) is 0 Å². The molecule has 5 aromatic carbocycles. The van der Waals surface area contributed by atoms with Gasteiger partial charge in [0.25, 0.3) is 0 Å². The minimum Gasteiger partial charge on any atom is -0.295 e. The molecule has 0 saturated carbocycles. The normalized spacial score (nSPS) is 12.0. The minimum absolute atomic E-state index is 0.951. The number of benzene rings is 5. The largest absolute Gasteiger partial charge is 0.295 e. The van der Waals surface area contributed by atoms with E-state index in [0.29, 0.717) is 0 Å². The van der Waals surface area contributed by atoms with E-state index in [1.165, 1.54) is 20.2 Å². The quantitative estimate of drug-likeness (QED) is 0.205. The Balaban J connectivity index is 1.38. The molecule has 45 heavy (non-hydrogen) atoms. The summed E-state index contributed by atoms with van der Waals surface area (Å²) in [6.07, 6.45) is 6.88. The summed E-state index contributed by atoms with van der Waals surface area (Å²) >= 11 is 1.84. The Hall–Kier alpha value is -6.06. The highest BCUT2D eigenvalue weighted by atomic mass is 32.1. The molecule has 0 bridgehead atoms. The molecule has 0 aliphatic heterocycles. The Labute approximate surface area is 259 Å². The average Bonchev–Trinajstić information content (AvgIpc) is 3.92. The second-order valence-corrected chi connectivity index (χ2v) is 12.2. The second kappa shape index (κ2) is 9.22. The van der Waals surface area contributed by atoms with Crippen LogP contribution in [0.5, 0.6) is 0 Å². The molecule has 8 nitrogen and oxygen atoms in total. The molecule has 0 saturated heterocycles. The van der Waals surface area contributed by atoms with E-state index in [1.807, 2.05) is 22.2 Å². The SMILES string of the molecule is c1ccc(-n2c3ccc(-n4cncn4)cc3c3c4cc(-n5ccnn5)ccc4n(-c4ccc5c(c4)sc4ccccc45)c32)cc1. The number of thiophene rings is 1. The zero-order valence-corrected chi connectivity index (χ0v) is 24.5. The van der Waals surface area contributed by atoms with E-state index in [1.54, 1.807) is 23.5 Å². The van der Waals surface area contributed by atoms with Gasteiger partial charge in [0.05, 0.1) is 34.8 Å². The third-order valence-corrected chi connectivity index (χ3v) is 9.77. The molecule has 212 valence electrons. The predicted octanol–water partition coefficient (Wildman–Crippen LogP) is 8.26. The fraction of sp³-hybridized carbons (Fsp3) is 0. The van der Waals surface area contributed by atoms with Crippen LogP contribution in [0.1, 0.15) is 0 Å². The monoisotopic (exact) mass is 598 g/mol. The highest BCUT2D eigenvalue weighted by molar-refractivity contribution is 7.25. The van der Waals surface area contributed by atoms with Gasteiger partial charge >= 0.3 is 0 Å². The van der Waals surface area contributed by atoms with Crippen molar-refractivity contribution in [2.75, 3.05) is 0 Å². The average molecular weight is 599 g/mol. The van der Waals surface area contributed by atoms with E-state index in [2.05, 4.69) is 139 Å². The van der Waals surface area contributed by atoms with Crippen molar-refractivity contribution in [2.24, 2.45) is 0 Å². The van der Waals surface area contributed by atoms with E-state index in [4.69, 9.17) is 0 Å². The number of hydrogen-bond acceptors (Lipinski definition) is 5. The molecule has 9 heteroatoms. The van der Waals surface area contributed by atoms with Crippen LogP contribution in [0.3, 0.4) is 0 Å². The smallest absolute Gasteiger partial charge is 0.138 e. The predicted molar refractivity (Wildman–Crippen MR) is 180 cm³/mol. The first-order valence-corrected chi connectivity index (χ1v) is 15.4. The van der Waals surface area contributed by atoms with Gasteiger partial charge in [0.2, 0.25) is 0 Å². The van der Waals surface area contributed by atoms with Crippen molar-refractivity contribution in [1.82, 2.24) is 38.9 Å². The minimum atomic E-state index is 0.951. The van der Waals surface area contributed by atoms with Crippen molar-refractivity contribution in [3.8, 4) is 22.7 Å². The molecule has 5 aromatic heterocycles. The third kappa shape index (κ3) is 3.52. The fourth-order valence-corrected chi connectivity index (χ4v) is 7.84. The van der Waals surface area contributed by atoms with Gasteiger partial charge in [-0.2, -0.15) is 5.10 Å². The van der Waals surface area contributed by atoms with Gasteiger partial charge < -0.3 is 0 Å². The first kappa shape index (κ1) is 24.4. The van der Waals surface area contributed by atoms with Gasteiger partial charge in [0.1, 0.15) is 18.3 Å². The summed E-state index contributed by atoms with van der Waals surface area (Å²) in [6.45, 7) is 0. The van der Waals surface area contributed by atoms with Gasteiger partial charge in [-0.1, -0.05) is 47.7 Å². The topological polar surface area (TPSA) is 71.3 Å². The van der Waals surface area contributed by atoms with Gasteiger partial charge in [0, 0.05) is 47.7 Å². The van der Waals surface area contributed by atoms with Crippen LogP contribution >= 0.6 is 11.3 Å². The van der Waals surface area contributed by atoms with E-state index in [0.717, 1.165) is 55.6 Å². The van der Waals surface area contributed by atoms with Crippen molar-refractivity contribution in [2.45, 2.75) is 0 Å².